The molecule has 0 amide bonds. The summed E-state index contributed by atoms with van der Waals surface area (Å²) >= 11 is 0. The first-order valence-electron chi connectivity index (χ1n) is 7.29. The van der Waals surface area contributed by atoms with Crippen molar-refractivity contribution in [3.63, 3.8) is 0 Å². The molecule has 0 aromatic heterocycles. The van der Waals surface area contributed by atoms with Crippen LogP contribution in [0.15, 0.2) is 18.2 Å². The minimum Gasteiger partial charge on any atom is -0.399 e. The Bertz CT molecular complexity index is 387. The SMILES string of the molecule is CCC1CCCCCN1Cc1ccc(N)c(C)c1. The molecule has 2 N–H and O–H groups in total. The molecule has 1 aromatic rings. The van der Waals surface area contributed by atoms with Crippen molar-refractivity contribution in [3.05, 3.63) is 29.3 Å². The van der Waals surface area contributed by atoms with Crippen molar-refractivity contribution in [1.29, 1.82) is 0 Å². The van der Waals surface area contributed by atoms with E-state index in [0.717, 1.165) is 18.3 Å². The Kier molecular flexibility index (Phi) is 4.65. The van der Waals surface area contributed by atoms with Gasteiger partial charge in [-0.05, 0) is 49.9 Å². The average Bonchev–Trinajstić information content (AvgIpc) is 2.59. The lowest BCUT2D eigenvalue weighted by Gasteiger charge is -2.29. The standard InChI is InChI=1S/C16H26N2/c1-3-15-7-5-4-6-10-18(15)12-14-8-9-16(17)13(2)11-14/h8-9,11,15H,3-7,10,12,17H2,1-2H3. The van der Waals surface area contributed by atoms with Gasteiger partial charge in [0.05, 0.1) is 0 Å². The summed E-state index contributed by atoms with van der Waals surface area (Å²) in [6.45, 7) is 6.75. The van der Waals surface area contributed by atoms with Crippen LogP contribution in [0, 0.1) is 6.92 Å². The third-order valence-corrected chi connectivity index (χ3v) is 4.19. The van der Waals surface area contributed by atoms with Crippen molar-refractivity contribution in [2.75, 3.05) is 12.3 Å². The molecule has 1 saturated heterocycles. The molecule has 1 heterocycles. The Morgan fingerprint density at radius 3 is 2.83 bits per heavy atom. The van der Waals surface area contributed by atoms with E-state index in [1.165, 1.54) is 49.8 Å². The maximum Gasteiger partial charge on any atom is 0.0343 e. The van der Waals surface area contributed by atoms with E-state index < -0.39 is 0 Å². The van der Waals surface area contributed by atoms with Crippen LogP contribution < -0.4 is 5.73 Å². The fourth-order valence-electron chi connectivity index (χ4n) is 2.98. The second-order valence-electron chi connectivity index (χ2n) is 5.57. The number of rotatable bonds is 3. The fraction of sp³-hybridized carbons (Fsp3) is 0.625. The molecule has 0 spiro atoms. The Hall–Kier alpha value is -1.02. The lowest BCUT2D eigenvalue weighted by Crippen LogP contribution is -2.33. The highest BCUT2D eigenvalue weighted by molar-refractivity contribution is 5.47. The Balaban J connectivity index is 2.07. The van der Waals surface area contributed by atoms with E-state index in [4.69, 9.17) is 5.73 Å². The van der Waals surface area contributed by atoms with Gasteiger partial charge in [-0.15, -0.1) is 0 Å². The zero-order valence-corrected chi connectivity index (χ0v) is 11.8. The maximum absolute atomic E-state index is 5.89. The van der Waals surface area contributed by atoms with Gasteiger partial charge in [0, 0.05) is 18.3 Å². The predicted molar refractivity (Wildman–Crippen MR) is 78.5 cm³/mol. The summed E-state index contributed by atoms with van der Waals surface area (Å²) < 4.78 is 0. The second kappa shape index (κ2) is 6.24. The van der Waals surface area contributed by atoms with E-state index in [-0.39, 0.29) is 0 Å². The zero-order chi connectivity index (χ0) is 13.0. The van der Waals surface area contributed by atoms with E-state index in [0.29, 0.717) is 0 Å². The maximum atomic E-state index is 5.89. The summed E-state index contributed by atoms with van der Waals surface area (Å²) in [4.78, 5) is 2.66. The summed E-state index contributed by atoms with van der Waals surface area (Å²) in [5.74, 6) is 0. The summed E-state index contributed by atoms with van der Waals surface area (Å²) in [5.41, 5.74) is 9.40. The van der Waals surface area contributed by atoms with E-state index in [1.54, 1.807) is 0 Å². The monoisotopic (exact) mass is 246 g/mol. The van der Waals surface area contributed by atoms with Gasteiger partial charge in [0.25, 0.3) is 0 Å². The van der Waals surface area contributed by atoms with Gasteiger partial charge in [-0.1, -0.05) is 31.9 Å². The Labute approximate surface area is 111 Å². The van der Waals surface area contributed by atoms with E-state index in [2.05, 4.69) is 30.9 Å². The van der Waals surface area contributed by atoms with Crippen LogP contribution >= 0.6 is 0 Å². The summed E-state index contributed by atoms with van der Waals surface area (Å²) in [6.07, 6.45) is 6.78. The van der Waals surface area contributed by atoms with Gasteiger partial charge in [0.2, 0.25) is 0 Å². The molecule has 1 atom stereocenters. The molecule has 1 aliphatic rings. The van der Waals surface area contributed by atoms with Gasteiger partial charge < -0.3 is 5.73 Å². The summed E-state index contributed by atoms with van der Waals surface area (Å²) in [7, 11) is 0. The van der Waals surface area contributed by atoms with Crippen molar-refractivity contribution in [1.82, 2.24) is 4.90 Å². The van der Waals surface area contributed by atoms with Crippen molar-refractivity contribution >= 4 is 5.69 Å². The van der Waals surface area contributed by atoms with Crippen LogP contribution in [-0.4, -0.2) is 17.5 Å². The molecule has 100 valence electrons. The number of hydrogen-bond acceptors (Lipinski definition) is 2. The van der Waals surface area contributed by atoms with Crippen LogP contribution in [0.1, 0.15) is 50.2 Å². The molecule has 2 nitrogen and oxygen atoms in total. The van der Waals surface area contributed by atoms with Gasteiger partial charge in [-0.2, -0.15) is 0 Å². The number of likely N-dealkylation sites (tertiary alicyclic amines) is 1. The van der Waals surface area contributed by atoms with Crippen molar-refractivity contribution in [2.24, 2.45) is 0 Å². The first kappa shape index (κ1) is 13.4. The van der Waals surface area contributed by atoms with Gasteiger partial charge in [-0.3, -0.25) is 4.90 Å². The lowest BCUT2D eigenvalue weighted by molar-refractivity contribution is 0.186. The summed E-state index contributed by atoms with van der Waals surface area (Å²) in [6, 6.07) is 7.24. The Morgan fingerprint density at radius 2 is 2.11 bits per heavy atom. The van der Waals surface area contributed by atoms with Crippen molar-refractivity contribution in [2.45, 2.75) is 58.5 Å². The van der Waals surface area contributed by atoms with Crippen LogP contribution in [-0.2, 0) is 6.54 Å². The topological polar surface area (TPSA) is 29.3 Å². The minimum atomic E-state index is 0.769. The molecule has 0 radical (unpaired) electrons. The molecule has 1 aromatic carbocycles. The van der Waals surface area contributed by atoms with Crippen molar-refractivity contribution in [3.8, 4) is 0 Å². The predicted octanol–water partition coefficient (Wildman–Crippen LogP) is 3.73. The van der Waals surface area contributed by atoms with Gasteiger partial charge in [0.15, 0.2) is 0 Å². The van der Waals surface area contributed by atoms with Crippen LogP contribution in [0.2, 0.25) is 0 Å². The average molecular weight is 246 g/mol. The molecule has 1 unspecified atom stereocenters. The molecule has 0 saturated carbocycles. The highest BCUT2D eigenvalue weighted by atomic mass is 15.2. The van der Waals surface area contributed by atoms with Gasteiger partial charge in [0.1, 0.15) is 0 Å². The molecule has 1 aliphatic heterocycles. The van der Waals surface area contributed by atoms with E-state index in [9.17, 15) is 0 Å². The molecular formula is C16H26N2. The van der Waals surface area contributed by atoms with Crippen LogP contribution in [0.25, 0.3) is 0 Å². The highest BCUT2D eigenvalue weighted by Gasteiger charge is 2.19. The quantitative estimate of drug-likeness (QED) is 0.823. The molecule has 18 heavy (non-hydrogen) atoms. The molecule has 0 aliphatic carbocycles. The molecule has 2 rings (SSSR count). The fourth-order valence-corrected chi connectivity index (χ4v) is 2.98. The molecule has 2 heteroatoms. The molecular weight excluding hydrogens is 220 g/mol. The molecule has 1 fully saturated rings. The zero-order valence-electron chi connectivity index (χ0n) is 11.8. The number of anilines is 1. The van der Waals surface area contributed by atoms with Crippen molar-refractivity contribution < 1.29 is 0 Å². The third-order valence-electron chi connectivity index (χ3n) is 4.19. The largest absolute Gasteiger partial charge is 0.399 e. The smallest absolute Gasteiger partial charge is 0.0343 e. The number of aryl methyl sites for hydroxylation is 1. The first-order chi connectivity index (χ1) is 8.70. The number of nitrogens with zero attached hydrogens (tertiary/aromatic N) is 1. The third kappa shape index (κ3) is 3.26. The first-order valence-corrected chi connectivity index (χ1v) is 7.29. The van der Waals surface area contributed by atoms with Gasteiger partial charge >= 0.3 is 0 Å². The normalized spacial score (nSPS) is 21.8. The molecule has 0 bridgehead atoms. The Morgan fingerprint density at radius 1 is 1.28 bits per heavy atom. The number of benzene rings is 1. The van der Waals surface area contributed by atoms with E-state index >= 15 is 0 Å². The van der Waals surface area contributed by atoms with Crippen LogP contribution in [0.3, 0.4) is 0 Å². The lowest BCUT2D eigenvalue weighted by atomic mass is 10.1. The second-order valence-corrected chi connectivity index (χ2v) is 5.57. The van der Waals surface area contributed by atoms with Gasteiger partial charge in [-0.25, -0.2) is 0 Å². The summed E-state index contributed by atoms with van der Waals surface area (Å²) in [5, 5.41) is 0. The number of hydrogen-bond donors (Lipinski definition) is 1. The minimum absolute atomic E-state index is 0.769. The van der Waals surface area contributed by atoms with Crippen LogP contribution in [0.4, 0.5) is 5.69 Å². The number of nitrogen functional groups attached to an aromatic ring is 1. The van der Waals surface area contributed by atoms with Crippen LogP contribution in [0.5, 0.6) is 0 Å². The highest BCUT2D eigenvalue weighted by Crippen LogP contribution is 2.22. The number of nitrogens with two attached hydrogens (primary N) is 1. The van der Waals surface area contributed by atoms with E-state index in [1.807, 2.05) is 6.07 Å².